The predicted octanol–water partition coefficient (Wildman–Crippen LogP) is 4.45. The number of nitrogens with one attached hydrogen (secondary N) is 2. The predicted molar refractivity (Wildman–Crippen MR) is 119 cm³/mol. The van der Waals surface area contributed by atoms with Crippen LogP contribution in [0.1, 0.15) is 24.0 Å². The monoisotopic (exact) mass is 417 g/mol. The molecule has 0 radical (unpaired) electrons. The number of hydrogen-bond acceptors (Lipinski definition) is 4. The summed E-state index contributed by atoms with van der Waals surface area (Å²) in [5, 5.41) is 6.60. The summed E-state index contributed by atoms with van der Waals surface area (Å²) in [5.41, 5.74) is 3.86. The molecule has 2 aromatic rings. The lowest BCUT2D eigenvalue weighted by Crippen LogP contribution is -2.37. The van der Waals surface area contributed by atoms with Gasteiger partial charge in [0, 0.05) is 29.5 Å². The molecule has 1 aliphatic heterocycles. The van der Waals surface area contributed by atoms with E-state index in [0.29, 0.717) is 10.8 Å². The third-order valence-corrected chi connectivity index (χ3v) is 5.43. The van der Waals surface area contributed by atoms with E-state index in [9.17, 15) is 4.79 Å². The molecule has 5 nitrogen and oxygen atoms in total. The Balaban J connectivity index is 1.47. The summed E-state index contributed by atoms with van der Waals surface area (Å²) in [5.74, 6) is 0.280. The zero-order valence-electron chi connectivity index (χ0n) is 16.0. The number of ether oxygens (including phenoxy) is 1. The zero-order valence-corrected chi connectivity index (χ0v) is 17.6. The van der Waals surface area contributed by atoms with Gasteiger partial charge >= 0.3 is 0 Å². The van der Waals surface area contributed by atoms with Gasteiger partial charge in [-0.25, -0.2) is 0 Å². The molecule has 1 saturated heterocycles. The number of carbonyl (C=O) groups excluding carboxylic acids is 1. The van der Waals surface area contributed by atoms with Crippen molar-refractivity contribution in [1.82, 2.24) is 5.32 Å². The maximum atomic E-state index is 12.1. The summed E-state index contributed by atoms with van der Waals surface area (Å²) in [4.78, 5) is 14.4. The Kier molecular flexibility index (Phi) is 6.75. The third-order valence-electron chi connectivity index (χ3n) is 4.63. The molecule has 0 saturated carbocycles. The van der Waals surface area contributed by atoms with Gasteiger partial charge in [0.05, 0.1) is 0 Å². The Morgan fingerprint density at radius 1 is 1.14 bits per heavy atom. The molecule has 7 heteroatoms. The van der Waals surface area contributed by atoms with E-state index in [2.05, 4.69) is 27.7 Å². The molecule has 1 aliphatic rings. The number of thiocarbonyl (C=S) groups is 1. The largest absolute Gasteiger partial charge is 0.484 e. The van der Waals surface area contributed by atoms with Gasteiger partial charge in [-0.1, -0.05) is 11.6 Å². The Labute approximate surface area is 176 Å². The normalized spacial score (nSPS) is 13.3. The molecule has 2 N–H and O–H groups in total. The summed E-state index contributed by atoms with van der Waals surface area (Å²) in [6.07, 6.45) is 2.49. The molecule has 28 heavy (non-hydrogen) atoms. The molecule has 148 valence electrons. The number of halogens is 1. The SMILES string of the molecule is Cc1cc(OCC(=O)NC(=S)Nc2ccc(N3CCCC3)cc2)cc(C)c1Cl. The second-order valence-electron chi connectivity index (χ2n) is 6.90. The van der Waals surface area contributed by atoms with Crippen molar-refractivity contribution in [2.45, 2.75) is 26.7 Å². The highest BCUT2D eigenvalue weighted by atomic mass is 35.5. The Bertz CT molecular complexity index is 841. The van der Waals surface area contributed by atoms with Crippen LogP contribution in [0.2, 0.25) is 5.02 Å². The van der Waals surface area contributed by atoms with Crippen LogP contribution >= 0.6 is 23.8 Å². The first kappa shape index (κ1) is 20.4. The van der Waals surface area contributed by atoms with E-state index < -0.39 is 0 Å². The van der Waals surface area contributed by atoms with Crippen molar-refractivity contribution < 1.29 is 9.53 Å². The molecule has 1 fully saturated rings. The van der Waals surface area contributed by atoms with Crippen LogP contribution in [0.5, 0.6) is 5.75 Å². The van der Waals surface area contributed by atoms with Gasteiger partial charge in [0.15, 0.2) is 11.7 Å². The molecule has 0 atom stereocenters. The molecule has 1 heterocycles. The Morgan fingerprint density at radius 2 is 1.75 bits per heavy atom. The number of nitrogens with zero attached hydrogens (tertiary/aromatic N) is 1. The fraction of sp³-hybridized carbons (Fsp3) is 0.333. The second kappa shape index (κ2) is 9.26. The number of hydrogen-bond donors (Lipinski definition) is 2. The van der Waals surface area contributed by atoms with E-state index >= 15 is 0 Å². The van der Waals surface area contributed by atoms with Crippen molar-refractivity contribution >= 4 is 46.2 Å². The maximum absolute atomic E-state index is 12.1. The molecule has 0 unspecified atom stereocenters. The average Bonchev–Trinajstić information content (AvgIpc) is 3.19. The smallest absolute Gasteiger partial charge is 0.264 e. The highest BCUT2D eigenvalue weighted by Crippen LogP contribution is 2.26. The average molecular weight is 418 g/mol. The third kappa shape index (κ3) is 5.36. The Hall–Kier alpha value is -2.31. The first-order valence-electron chi connectivity index (χ1n) is 9.28. The number of anilines is 2. The van der Waals surface area contributed by atoms with Crippen LogP contribution in [-0.2, 0) is 4.79 Å². The molecule has 0 aromatic heterocycles. The van der Waals surface area contributed by atoms with Gasteiger partial charge in [-0.15, -0.1) is 0 Å². The zero-order chi connectivity index (χ0) is 20.1. The summed E-state index contributed by atoms with van der Waals surface area (Å²) in [6, 6.07) is 11.7. The fourth-order valence-electron chi connectivity index (χ4n) is 3.19. The summed E-state index contributed by atoms with van der Waals surface area (Å²) in [7, 11) is 0. The van der Waals surface area contributed by atoms with Crippen molar-refractivity contribution in [3.8, 4) is 5.75 Å². The van der Waals surface area contributed by atoms with E-state index in [0.717, 1.165) is 29.9 Å². The van der Waals surface area contributed by atoms with Crippen LogP contribution < -0.4 is 20.3 Å². The lowest BCUT2D eigenvalue weighted by atomic mass is 10.1. The molecule has 0 aliphatic carbocycles. The molecule has 2 aromatic carbocycles. The van der Waals surface area contributed by atoms with Crippen molar-refractivity contribution in [1.29, 1.82) is 0 Å². The van der Waals surface area contributed by atoms with Crippen molar-refractivity contribution in [3.05, 3.63) is 52.5 Å². The van der Waals surface area contributed by atoms with Crippen LogP contribution in [0.4, 0.5) is 11.4 Å². The van der Waals surface area contributed by atoms with Crippen LogP contribution in [0.15, 0.2) is 36.4 Å². The minimum absolute atomic E-state index is 0.129. The number of amides is 1. The molecular weight excluding hydrogens is 394 g/mol. The van der Waals surface area contributed by atoms with Crippen molar-refractivity contribution in [2.24, 2.45) is 0 Å². The van der Waals surface area contributed by atoms with Gasteiger partial charge in [-0.3, -0.25) is 10.1 Å². The summed E-state index contributed by atoms with van der Waals surface area (Å²) in [6.45, 7) is 5.88. The van der Waals surface area contributed by atoms with Gasteiger partial charge in [0.1, 0.15) is 5.75 Å². The molecule has 0 bridgehead atoms. The van der Waals surface area contributed by atoms with E-state index in [1.54, 1.807) is 12.1 Å². The van der Waals surface area contributed by atoms with E-state index in [1.165, 1.54) is 18.5 Å². The number of rotatable bonds is 5. The van der Waals surface area contributed by atoms with Crippen LogP contribution in [0.25, 0.3) is 0 Å². The van der Waals surface area contributed by atoms with E-state index in [4.69, 9.17) is 28.6 Å². The quantitative estimate of drug-likeness (QED) is 0.704. The molecule has 1 amide bonds. The van der Waals surface area contributed by atoms with Gasteiger partial charge in [-0.05, 0) is 86.4 Å². The highest BCUT2D eigenvalue weighted by molar-refractivity contribution is 7.80. The second-order valence-corrected chi connectivity index (χ2v) is 7.69. The van der Waals surface area contributed by atoms with Gasteiger partial charge < -0.3 is 15.0 Å². The fourth-order valence-corrected chi connectivity index (χ4v) is 3.54. The number of benzene rings is 2. The maximum Gasteiger partial charge on any atom is 0.264 e. The number of carbonyl (C=O) groups is 1. The van der Waals surface area contributed by atoms with Gasteiger partial charge in [0.25, 0.3) is 5.91 Å². The minimum atomic E-state index is -0.323. The summed E-state index contributed by atoms with van der Waals surface area (Å²) < 4.78 is 5.54. The number of aryl methyl sites for hydroxylation is 2. The lowest BCUT2D eigenvalue weighted by molar-refractivity contribution is -0.121. The molecule has 0 spiro atoms. The summed E-state index contributed by atoms with van der Waals surface area (Å²) >= 11 is 11.4. The topological polar surface area (TPSA) is 53.6 Å². The van der Waals surface area contributed by atoms with Crippen molar-refractivity contribution in [2.75, 3.05) is 29.9 Å². The van der Waals surface area contributed by atoms with Crippen molar-refractivity contribution in [3.63, 3.8) is 0 Å². The highest BCUT2D eigenvalue weighted by Gasteiger charge is 2.12. The minimum Gasteiger partial charge on any atom is -0.484 e. The first-order valence-corrected chi connectivity index (χ1v) is 10.1. The first-order chi connectivity index (χ1) is 13.4. The van der Waals surface area contributed by atoms with E-state index in [-0.39, 0.29) is 17.6 Å². The van der Waals surface area contributed by atoms with Gasteiger partial charge in [-0.2, -0.15) is 0 Å². The Morgan fingerprint density at radius 3 is 2.36 bits per heavy atom. The van der Waals surface area contributed by atoms with Gasteiger partial charge in [0.2, 0.25) is 0 Å². The van der Waals surface area contributed by atoms with Crippen LogP contribution in [-0.4, -0.2) is 30.7 Å². The van der Waals surface area contributed by atoms with Crippen LogP contribution in [0, 0.1) is 13.8 Å². The lowest BCUT2D eigenvalue weighted by Gasteiger charge is -2.18. The van der Waals surface area contributed by atoms with Crippen LogP contribution in [0.3, 0.4) is 0 Å². The molecule has 3 rings (SSSR count). The molecular formula is C21H24ClN3O2S. The van der Waals surface area contributed by atoms with E-state index in [1.807, 2.05) is 26.0 Å². The standard InChI is InChI=1S/C21H24ClN3O2S/c1-14-11-18(12-15(2)20(14)22)27-13-19(26)24-21(28)23-16-5-7-17(8-6-16)25-9-3-4-10-25/h5-8,11-12H,3-4,9-10,13H2,1-2H3,(H2,23,24,26,28).